The van der Waals surface area contributed by atoms with Gasteiger partial charge in [0.25, 0.3) is 0 Å². The fraction of sp³-hybridized carbons (Fsp3) is 0.333. The molecule has 0 spiro atoms. The molecule has 0 amide bonds. The van der Waals surface area contributed by atoms with Gasteiger partial charge in [0.2, 0.25) is 5.79 Å². The Morgan fingerprint density at radius 3 is 2.64 bits per heavy atom. The van der Waals surface area contributed by atoms with Gasteiger partial charge in [-0.1, -0.05) is 0 Å². The van der Waals surface area contributed by atoms with E-state index < -0.39 is 11.9 Å². The molecule has 0 fully saturated rings. The summed E-state index contributed by atoms with van der Waals surface area (Å²) in [4.78, 5) is 9.87. The molecule has 3 N–H and O–H groups in total. The molecule has 1 aliphatic carbocycles. The molecule has 1 unspecified atom stereocenters. The third-order valence-electron chi connectivity index (χ3n) is 1.37. The van der Waals surface area contributed by atoms with Crippen molar-refractivity contribution < 1.29 is 15.3 Å². The zero-order valence-corrected chi connectivity index (χ0v) is 5.51. The lowest BCUT2D eigenvalue weighted by molar-refractivity contribution is -0.174. The molecular weight excluding hydrogens is 150 g/mol. The first-order valence-electron chi connectivity index (χ1n) is 2.93. The molecule has 0 aliphatic heterocycles. The number of rotatable bonds is 1. The number of allylic oxidation sites excluding steroid dienone is 1. The van der Waals surface area contributed by atoms with Crippen molar-refractivity contribution in [2.45, 2.75) is 11.9 Å². The maximum absolute atomic E-state index is 9.87. The average molecular weight is 157 g/mol. The van der Waals surface area contributed by atoms with E-state index in [9.17, 15) is 4.91 Å². The first-order valence-corrected chi connectivity index (χ1v) is 2.93. The van der Waals surface area contributed by atoms with Crippen molar-refractivity contribution in [3.8, 4) is 0 Å². The van der Waals surface area contributed by atoms with Crippen LogP contribution >= 0.6 is 0 Å². The van der Waals surface area contributed by atoms with Crippen molar-refractivity contribution in [2.24, 2.45) is 5.18 Å². The summed E-state index contributed by atoms with van der Waals surface area (Å²) in [6, 6.07) is 0. The normalized spacial score (nSPS) is 27.9. The number of aliphatic hydroxyl groups excluding tert-OH is 1. The number of hydrogen-bond acceptors (Lipinski definition) is 5. The lowest BCUT2D eigenvalue weighted by Gasteiger charge is -2.23. The molecule has 60 valence electrons. The second-order valence-electron chi connectivity index (χ2n) is 2.24. The molecule has 0 radical (unpaired) electrons. The van der Waals surface area contributed by atoms with Crippen LogP contribution < -0.4 is 0 Å². The number of nitrogens with zero attached hydrogens (tertiary/aromatic N) is 1. The molecule has 0 bridgehead atoms. The van der Waals surface area contributed by atoms with Gasteiger partial charge in [0, 0.05) is 0 Å². The zero-order chi connectivity index (χ0) is 8.48. The molecule has 5 nitrogen and oxygen atoms in total. The van der Waals surface area contributed by atoms with Gasteiger partial charge in [-0.15, -0.1) is 4.91 Å². The van der Waals surface area contributed by atoms with Crippen LogP contribution in [-0.2, 0) is 0 Å². The first-order chi connectivity index (χ1) is 5.06. The van der Waals surface area contributed by atoms with Gasteiger partial charge in [-0.3, -0.25) is 0 Å². The molecular formula is C6H7NO4. The molecule has 1 aliphatic rings. The van der Waals surface area contributed by atoms with E-state index in [1.807, 2.05) is 0 Å². The van der Waals surface area contributed by atoms with E-state index in [1.54, 1.807) is 0 Å². The zero-order valence-electron chi connectivity index (χ0n) is 5.51. The molecule has 0 heterocycles. The van der Waals surface area contributed by atoms with E-state index in [2.05, 4.69) is 5.18 Å². The maximum atomic E-state index is 9.87. The van der Waals surface area contributed by atoms with E-state index in [-0.39, 0.29) is 5.70 Å². The highest BCUT2D eigenvalue weighted by molar-refractivity contribution is 5.27. The summed E-state index contributed by atoms with van der Waals surface area (Å²) in [5, 5.41) is 29.2. The summed E-state index contributed by atoms with van der Waals surface area (Å²) in [5.74, 6) is -2.28. The summed E-state index contributed by atoms with van der Waals surface area (Å²) in [7, 11) is 0. The first kappa shape index (κ1) is 8.06. The van der Waals surface area contributed by atoms with E-state index in [4.69, 9.17) is 15.3 Å². The van der Waals surface area contributed by atoms with E-state index in [0.717, 1.165) is 18.2 Å². The highest BCUT2D eigenvalue weighted by atomic mass is 16.5. The minimum atomic E-state index is -2.28. The van der Waals surface area contributed by atoms with Gasteiger partial charge in [-0.05, 0) is 23.4 Å². The number of hydrogen-bond donors (Lipinski definition) is 3. The Bertz CT molecular complexity index is 231. The fourth-order valence-electron chi connectivity index (χ4n) is 0.707. The van der Waals surface area contributed by atoms with Crippen LogP contribution in [-0.4, -0.2) is 27.2 Å². The molecule has 1 rings (SSSR count). The van der Waals surface area contributed by atoms with Crippen LogP contribution in [0.5, 0.6) is 0 Å². The Hall–Kier alpha value is -1.04. The van der Waals surface area contributed by atoms with E-state index in [0.29, 0.717) is 0 Å². The topological polar surface area (TPSA) is 90.1 Å². The Balaban J connectivity index is 2.88. The summed E-state index contributed by atoms with van der Waals surface area (Å²) in [5.41, 5.74) is -0.0174. The Morgan fingerprint density at radius 2 is 2.18 bits per heavy atom. The van der Waals surface area contributed by atoms with Gasteiger partial charge in [-0.2, -0.15) is 0 Å². The number of aliphatic hydroxyl groups is 3. The van der Waals surface area contributed by atoms with Crippen LogP contribution in [0.25, 0.3) is 0 Å². The summed E-state index contributed by atoms with van der Waals surface area (Å²) in [6.45, 7) is 0. The third kappa shape index (κ3) is 1.51. The Morgan fingerprint density at radius 1 is 1.55 bits per heavy atom. The minimum Gasteiger partial charge on any atom is -0.383 e. The van der Waals surface area contributed by atoms with Crippen molar-refractivity contribution in [2.75, 3.05) is 0 Å². The molecule has 0 saturated heterocycles. The lowest BCUT2D eigenvalue weighted by Crippen LogP contribution is -2.40. The minimum absolute atomic E-state index is 0.0174. The summed E-state index contributed by atoms with van der Waals surface area (Å²) in [6.07, 6.45) is 1.49. The van der Waals surface area contributed by atoms with Crippen LogP contribution in [0.15, 0.2) is 29.1 Å². The van der Waals surface area contributed by atoms with Crippen LogP contribution in [0.3, 0.4) is 0 Å². The van der Waals surface area contributed by atoms with Crippen LogP contribution in [0.4, 0.5) is 0 Å². The standard InChI is InChI=1S/C6H7NO4/c8-5-3-4(7-11)1-2-6(5,9)10/h1-3,5,8-10H. The summed E-state index contributed by atoms with van der Waals surface area (Å²) < 4.78 is 0. The predicted octanol–water partition coefficient (Wildman–Crippen LogP) is -0.752. The van der Waals surface area contributed by atoms with Crippen molar-refractivity contribution in [1.29, 1.82) is 0 Å². The van der Waals surface area contributed by atoms with Gasteiger partial charge in [0.1, 0.15) is 11.8 Å². The van der Waals surface area contributed by atoms with Crippen LogP contribution in [0, 0.1) is 4.91 Å². The van der Waals surface area contributed by atoms with Gasteiger partial charge >= 0.3 is 0 Å². The van der Waals surface area contributed by atoms with Gasteiger partial charge in [0.05, 0.1) is 0 Å². The predicted molar refractivity (Wildman–Crippen MR) is 36.2 cm³/mol. The Kier molecular flexibility index (Phi) is 1.86. The molecule has 5 heteroatoms. The van der Waals surface area contributed by atoms with E-state index in [1.165, 1.54) is 0 Å². The summed E-state index contributed by atoms with van der Waals surface area (Å²) >= 11 is 0. The molecule has 11 heavy (non-hydrogen) atoms. The Labute approximate surface area is 62.3 Å². The molecule has 0 aromatic rings. The molecule has 0 saturated carbocycles. The molecule has 1 atom stereocenters. The molecule has 0 aromatic carbocycles. The maximum Gasteiger partial charge on any atom is 0.213 e. The monoisotopic (exact) mass is 157 g/mol. The average Bonchev–Trinajstić information content (AvgIpc) is 1.95. The highest BCUT2D eigenvalue weighted by Gasteiger charge is 2.31. The lowest BCUT2D eigenvalue weighted by atomic mass is 10.0. The second kappa shape index (κ2) is 2.54. The van der Waals surface area contributed by atoms with Gasteiger partial charge in [-0.25, -0.2) is 0 Å². The highest BCUT2D eigenvalue weighted by Crippen LogP contribution is 2.18. The second-order valence-corrected chi connectivity index (χ2v) is 2.24. The third-order valence-corrected chi connectivity index (χ3v) is 1.37. The van der Waals surface area contributed by atoms with E-state index >= 15 is 0 Å². The van der Waals surface area contributed by atoms with Crippen molar-refractivity contribution in [1.82, 2.24) is 0 Å². The smallest absolute Gasteiger partial charge is 0.213 e. The van der Waals surface area contributed by atoms with Crippen molar-refractivity contribution >= 4 is 0 Å². The SMILES string of the molecule is O=NC1=CC(O)C(O)(O)C=C1. The van der Waals surface area contributed by atoms with Gasteiger partial charge < -0.3 is 15.3 Å². The van der Waals surface area contributed by atoms with Gasteiger partial charge in [0.15, 0.2) is 0 Å². The van der Waals surface area contributed by atoms with Crippen molar-refractivity contribution in [3.05, 3.63) is 28.8 Å². The number of nitroso groups, excluding NO2 is 1. The van der Waals surface area contributed by atoms with Crippen LogP contribution in [0.2, 0.25) is 0 Å². The quantitative estimate of drug-likeness (QED) is 0.345. The fourth-order valence-corrected chi connectivity index (χ4v) is 0.707. The molecule has 0 aromatic heterocycles. The van der Waals surface area contributed by atoms with Crippen LogP contribution in [0.1, 0.15) is 0 Å². The van der Waals surface area contributed by atoms with Crippen molar-refractivity contribution in [3.63, 3.8) is 0 Å². The largest absolute Gasteiger partial charge is 0.383 e.